The Balaban J connectivity index is 2.03. The molecule has 1 saturated heterocycles. The van der Waals surface area contributed by atoms with Crippen LogP contribution in [-0.2, 0) is 0 Å². The van der Waals surface area contributed by atoms with Crippen LogP contribution in [0.5, 0.6) is 0 Å². The summed E-state index contributed by atoms with van der Waals surface area (Å²) in [6, 6.07) is 2.11. The van der Waals surface area contributed by atoms with Crippen molar-refractivity contribution in [3.63, 3.8) is 0 Å². The first-order valence-corrected chi connectivity index (χ1v) is 5.54. The molecule has 2 N–H and O–H groups in total. The van der Waals surface area contributed by atoms with Crippen molar-refractivity contribution < 1.29 is 8.78 Å². The average Bonchev–Trinajstić information content (AvgIpc) is 2.74. The first-order chi connectivity index (χ1) is 8.24. The molecule has 0 bridgehead atoms. The summed E-state index contributed by atoms with van der Waals surface area (Å²) in [4.78, 5) is 9.15. The van der Waals surface area contributed by atoms with Gasteiger partial charge in [-0.3, -0.25) is 0 Å². The van der Waals surface area contributed by atoms with Crippen molar-refractivity contribution in [2.24, 2.45) is 0 Å². The quantitative estimate of drug-likeness (QED) is 0.786. The van der Waals surface area contributed by atoms with E-state index in [4.69, 9.17) is 0 Å². The Morgan fingerprint density at radius 2 is 1.94 bits per heavy atom. The van der Waals surface area contributed by atoms with Crippen LogP contribution in [0.25, 0.3) is 11.0 Å². The van der Waals surface area contributed by atoms with Crippen LogP contribution >= 0.6 is 0 Å². The summed E-state index contributed by atoms with van der Waals surface area (Å²) in [6.45, 7) is 3.36. The minimum absolute atomic E-state index is 0.194. The van der Waals surface area contributed by atoms with Gasteiger partial charge in [0.25, 0.3) is 0 Å². The predicted octanol–water partition coefficient (Wildman–Crippen LogP) is 1.25. The number of H-pyrrole nitrogens is 1. The van der Waals surface area contributed by atoms with E-state index in [1.54, 1.807) is 0 Å². The molecular weight excluding hydrogens is 226 g/mol. The van der Waals surface area contributed by atoms with Crippen LogP contribution in [0.3, 0.4) is 0 Å². The van der Waals surface area contributed by atoms with E-state index in [-0.39, 0.29) is 5.52 Å². The zero-order chi connectivity index (χ0) is 11.8. The van der Waals surface area contributed by atoms with Crippen LogP contribution < -0.4 is 10.2 Å². The van der Waals surface area contributed by atoms with Crippen molar-refractivity contribution in [3.05, 3.63) is 23.8 Å². The zero-order valence-electron chi connectivity index (χ0n) is 9.13. The molecule has 6 heteroatoms. The third kappa shape index (κ3) is 1.84. The van der Waals surface area contributed by atoms with E-state index in [0.717, 1.165) is 32.2 Å². The van der Waals surface area contributed by atoms with Crippen LogP contribution in [-0.4, -0.2) is 36.1 Å². The maximum atomic E-state index is 13.5. The van der Waals surface area contributed by atoms with Gasteiger partial charge in [-0.25, -0.2) is 13.8 Å². The second-order valence-electron chi connectivity index (χ2n) is 4.08. The number of rotatable bonds is 1. The molecule has 1 aliphatic rings. The Morgan fingerprint density at radius 3 is 2.71 bits per heavy atom. The Hall–Kier alpha value is -1.69. The molecule has 0 aliphatic carbocycles. The number of hydrogen-bond acceptors (Lipinski definition) is 3. The molecule has 17 heavy (non-hydrogen) atoms. The largest absolute Gasteiger partial charge is 0.340 e. The van der Waals surface area contributed by atoms with Crippen molar-refractivity contribution >= 4 is 17.0 Å². The number of nitrogens with zero attached hydrogens (tertiary/aromatic N) is 2. The van der Waals surface area contributed by atoms with Crippen LogP contribution in [0.1, 0.15) is 0 Å². The molecule has 0 amide bonds. The molecule has 1 aromatic carbocycles. The molecule has 0 radical (unpaired) electrons. The molecule has 2 aromatic rings. The van der Waals surface area contributed by atoms with Crippen molar-refractivity contribution in [1.29, 1.82) is 0 Å². The molecule has 2 heterocycles. The summed E-state index contributed by atoms with van der Waals surface area (Å²) in [5, 5.41) is 3.22. The van der Waals surface area contributed by atoms with Gasteiger partial charge in [0.1, 0.15) is 11.3 Å². The van der Waals surface area contributed by atoms with Gasteiger partial charge in [-0.1, -0.05) is 0 Å². The molecule has 1 aliphatic heterocycles. The fraction of sp³-hybridized carbons (Fsp3) is 0.364. The SMILES string of the molecule is Fc1cc(F)c2nc(N3CCNCC3)[nH]c2c1. The van der Waals surface area contributed by atoms with E-state index in [1.165, 1.54) is 6.07 Å². The molecule has 0 atom stereocenters. The van der Waals surface area contributed by atoms with Gasteiger partial charge in [-0.15, -0.1) is 0 Å². The van der Waals surface area contributed by atoms with Crippen molar-refractivity contribution in [2.75, 3.05) is 31.1 Å². The molecular formula is C11H12F2N4. The van der Waals surface area contributed by atoms with E-state index in [2.05, 4.69) is 15.3 Å². The van der Waals surface area contributed by atoms with Crippen LogP contribution in [0.4, 0.5) is 14.7 Å². The number of anilines is 1. The van der Waals surface area contributed by atoms with E-state index in [1.807, 2.05) is 4.90 Å². The van der Waals surface area contributed by atoms with Gasteiger partial charge >= 0.3 is 0 Å². The van der Waals surface area contributed by atoms with E-state index in [0.29, 0.717) is 11.5 Å². The summed E-state index contributed by atoms with van der Waals surface area (Å²) in [5.74, 6) is -0.617. The van der Waals surface area contributed by atoms with E-state index >= 15 is 0 Å². The lowest BCUT2D eigenvalue weighted by Gasteiger charge is -2.26. The first kappa shape index (κ1) is 10.5. The molecule has 1 fully saturated rings. The van der Waals surface area contributed by atoms with Crippen LogP contribution in [0.15, 0.2) is 12.1 Å². The molecule has 90 valence electrons. The summed E-state index contributed by atoms with van der Waals surface area (Å²) in [7, 11) is 0. The number of fused-ring (bicyclic) bond motifs is 1. The predicted molar refractivity (Wildman–Crippen MR) is 61.1 cm³/mol. The summed E-state index contributed by atoms with van der Waals surface area (Å²) < 4.78 is 26.5. The number of aromatic amines is 1. The normalized spacial score (nSPS) is 16.7. The summed E-state index contributed by atoms with van der Waals surface area (Å²) >= 11 is 0. The van der Waals surface area contributed by atoms with Gasteiger partial charge in [-0.2, -0.15) is 0 Å². The molecule has 0 spiro atoms. The number of benzene rings is 1. The maximum absolute atomic E-state index is 13.5. The lowest BCUT2D eigenvalue weighted by molar-refractivity contribution is 0.581. The monoisotopic (exact) mass is 238 g/mol. The van der Waals surface area contributed by atoms with Gasteiger partial charge in [0.15, 0.2) is 5.82 Å². The standard InChI is InChI=1S/C11H12F2N4/c12-7-5-8(13)10-9(6-7)15-11(16-10)17-3-1-14-2-4-17/h5-6,14H,1-4H2,(H,15,16). The first-order valence-electron chi connectivity index (χ1n) is 5.54. The van der Waals surface area contributed by atoms with Gasteiger partial charge in [0.05, 0.1) is 5.52 Å². The Kier molecular flexibility index (Phi) is 2.44. The highest BCUT2D eigenvalue weighted by atomic mass is 19.1. The van der Waals surface area contributed by atoms with Crippen molar-refractivity contribution in [1.82, 2.24) is 15.3 Å². The lowest BCUT2D eigenvalue weighted by Crippen LogP contribution is -2.44. The smallest absolute Gasteiger partial charge is 0.204 e. The van der Waals surface area contributed by atoms with Crippen molar-refractivity contribution in [2.45, 2.75) is 0 Å². The number of piperazine rings is 1. The third-order valence-corrected chi connectivity index (χ3v) is 2.91. The number of imidazole rings is 1. The van der Waals surface area contributed by atoms with Crippen molar-refractivity contribution in [3.8, 4) is 0 Å². The van der Waals surface area contributed by atoms with Gasteiger partial charge in [-0.05, 0) is 6.07 Å². The highest BCUT2D eigenvalue weighted by molar-refractivity contribution is 5.78. The number of aromatic nitrogens is 2. The molecule has 3 rings (SSSR count). The molecule has 0 unspecified atom stereocenters. The Labute approximate surface area is 96.6 Å². The molecule has 0 saturated carbocycles. The third-order valence-electron chi connectivity index (χ3n) is 2.91. The number of hydrogen-bond donors (Lipinski definition) is 2. The Morgan fingerprint density at radius 1 is 1.18 bits per heavy atom. The second-order valence-corrected chi connectivity index (χ2v) is 4.08. The lowest BCUT2D eigenvalue weighted by atomic mass is 10.3. The molecule has 4 nitrogen and oxygen atoms in total. The minimum Gasteiger partial charge on any atom is -0.340 e. The van der Waals surface area contributed by atoms with Gasteiger partial charge in [0.2, 0.25) is 5.95 Å². The number of halogens is 2. The second kappa shape index (κ2) is 3.96. The average molecular weight is 238 g/mol. The fourth-order valence-electron chi connectivity index (χ4n) is 2.06. The van der Waals surface area contributed by atoms with Crippen LogP contribution in [0.2, 0.25) is 0 Å². The van der Waals surface area contributed by atoms with Crippen LogP contribution in [0, 0.1) is 11.6 Å². The fourth-order valence-corrected chi connectivity index (χ4v) is 2.06. The van der Waals surface area contributed by atoms with E-state index < -0.39 is 11.6 Å². The van der Waals surface area contributed by atoms with E-state index in [9.17, 15) is 8.78 Å². The highest BCUT2D eigenvalue weighted by Crippen LogP contribution is 2.21. The molecule has 1 aromatic heterocycles. The van der Waals surface area contributed by atoms with Gasteiger partial charge in [0, 0.05) is 32.2 Å². The zero-order valence-corrected chi connectivity index (χ0v) is 9.13. The topological polar surface area (TPSA) is 44.0 Å². The maximum Gasteiger partial charge on any atom is 0.204 e. The minimum atomic E-state index is -0.627. The number of nitrogens with one attached hydrogen (secondary N) is 2. The Bertz CT molecular complexity index is 546. The summed E-state index contributed by atoms with van der Waals surface area (Å²) in [6.07, 6.45) is 0. The van der Waals surface area contributed by atoms with Gasteiger partial charge < -0.3 is 15.2 Å². The summed E-state index contributed by atoms with van der Waals surface area (Å²) in [5.41, 5.74) is 0.593. The highest BCUT2D eigenvalue weighted by Gasteiger charge is 2.16.